The van der Waals surface area contributed by atoms with Crippen LogP contribution in [-0.4, -0.2) is 19.2 Å². The zero-order valence-corrected chi connectivity index (χ0v) is 11.7. The van der Waals surface area contributed by atoms with Gasteiger partial charge in [0.05, 0.1) is 12.2 Å². The van der Waals surface area contributed by atoms with Crippen LogP contribution in [0.2, 0.25) is 0 Å². The molecule has 1 aromatic rings. The summed E-state index contributed by atoms with van der Waals surface area (Å²) in [5.41, 5.74) is 3.04. The number of rotatable bonds is 5. The number of ether oxygens (including phenoxy) is 2. The minimum atomic E-state index is 0.169. The van der Waals surface area contributed by atoms with Crippen LogP contribution in [0.3, 0.4) is 0 Å². The van der Waals surface area contributed by atoms with Gasteiger partial charge in [-0.25, -0.2) is 0 Å². The van der Waals surface area contributed by atoms with Gasteiger partial charge in [-0.3, -0.25) is 4.79 Å². The number of benzene rings is 1. The van der Waals surface area contributed by atoms with Crippen LogP contribution in [0.1, 0.15) is 49.0 Å². The van der Waals surface area contributed by atoms with Crippen molar-refractivity contribution in [3.8, 4) is 5.75 Å². The molecule has 1 aliphatic rings. The standard InChI is InChI=1S/C16H20O3/c1-11(2)7-8-18-10-19-15-6-4-5-13-12(3)9-14(17)16(13)15/h4-7,12H,8-10H2,1-3H3. The maximum absolute atomic E-state index is 11.9. The summed E-state index contributed by atoms with van der Waals surface area (Å²) in [7, 11) is 0. The number of hydrogen-bond acceptors (Lipinski definition) is 3. The Hall–Kier alpha value is -1.61. The first-order valence-corrected chi connectivity index (χ1v) is 6.59. The molecule has 1 aliphatic carbocycles. The number of fused-ring (bicyclic) bond motifs is 1. The molecule has 0 aliphatic heterocycles. The van der Waals surface area contributed by atoms with Crippen molar-refractivity contribution in [1.29, 1.82) is 0 Å². The number of hydrogen-bond donors (Lipinski definition) is 0. The van der Waals surface area contributed by atoms with Gasteiger partial charge in [0, 0.05) is 6.42 Å². The van der Waals surface area contributed by atoms with Crippen molar-refractivity contribution in [2.24, 2.45) is 0 Å². The highest BCUT2D eigenvalue weighted by Gasteiger charge is 2.29. The maximum atomic E-state index is 11.9. The molecule has 3 heteroatoms. The van der Waals surface area contributed by atoms with Crippen molar-refractivity contribution in [2.75, 3.05) is 13.4 Å². The molecule has 0 aromatic heterocycles. The summed E-state index contributed by atoms with van der Waals surface area (Å²) >= 11 is 0. The molecule has 1 aromatic carbocycles. The zero-order chi connectivity index (χ0) is 13.8. The lowest BCUT2D eigenvalue weighted by Gasteiger charge is -2.10. The fraction of sp³-hybridized carbons (Fsp3) is 0.438. The molecule has 0 saturated heterocycles. The molecule has 2 rings (SSSR count). The Morgan fingerprint density at radius 1 is 1.42 bits per heavy atom. The summed E-state index contributed by atoms with van der Waals surface area (Å²) in [6.45, 7) is 6.81. The van der Waals surface area contributed by atoms with E-state index in [-0.39, 0.29) is 18.5 Å². The predicted molar refractivity (Wildman–Crippen MR) is 74.7 cm³/mol. The lowest BCUT2D eigenvalue weighted by molar-refractivity contribution is 0.0299. The first kappa shape index (κ1) is 13.8. The zero-order valence-electron chi connectivity index (χ0n) is 11.7. The number of allylic oxidation sites excluding steroid dienone is 1. The Bertz CT molecular complexity index is 499. The van der Waals surface area contributed by atoms with Crippen LogP contribution in [0.15, 0.2) is 29.8 Å². The third-order valence-corrected chi connectivity index (χ3v) is 3.27. The highest BCUT2D eigenvalue weighted by Crippen LogP contribution is 2.37. The Kier molecular flexibility index (Phi) is 4.38. The van der Waals surface area contributed by atoms with E-state index in [4.69, 9.17) is 9.47 Å². The van der Waals surface area contributed by atoms with Gasteiger partial charge < -0.3 is 9.47 Å². The number of carbonyl (C=O) groups excluding carboxylic acids is 1. The highest BCUT2D eigenvalue weighted by atomic mass is 16.7. The largest absolute Gasteiger partial charge is 0.467 e. The molecule has 0 saturated carbocycles. The first-order chi connectivity index (χ1) is 9.09. The molecule has 0 spiro atoms. The van der Waals surface area contributed by atoms with Gasteiger partial charge in [-0.15, -0.1) is 0 Å². The summed E-state index contributed by atoms with van der Waals surface area (Å²) < 4.78 is 10.9. The van der Waals surface area contributed by atoms with Gasteiger partial charge in [-0.05, 0) is 31.4 Å². The Morgan fingerprint density at radius 2 is 2.21 bits per heavy atom. The van der Waals surface area contributed by atoms with Gasteiger partial charge >= 0.3 is 0 Å². The third kappa shape index (κ3) is 3.24. The van der Waals surface area contributed by atoms with E-state index in [9.17, 15) is 4.79 Å². The molecule has 0 amide bonds. The van der Waals surface area contributed by atoms with E-state index < -0.39 is 0 Å². The van der Waals surface area contributed by atoms with Gasteiger partial charge in [0.2, 0.25) is 0 Å². The molecule has 0 radical (unpaired) electrons. The molecule has 0 bridgehead atoms. The Balaban J connectivity index is 1.99. The van der Waals surface area contributed by atoms with E-state index in [1.165, 1.54) is 5.57 Å². The molecule has 1 unspecified atom stereocenters. The average molecular weight is 260 g/mol. The molecule has 0 heterocycles. The molecule has 0 fully saturated rings. The van der Waals surface area contributed by atoms with Crippen molar-refractivity contribution < 1.29 is 14.3 Å². The Labute approximate surface area is 114 Å². The van der Waals surface area contributed by atoms with Crippen LogP contribution in [0.4, 0.5) is 0 Å². The van der Waals surface area contributed by atoms with Crippen LogP contribution >= 0.6 is 0 Å². The molecular formula is C16H20O3. The quantitative estimate of drug-likeness (QED) is 0.460. The fourth-order valence-electron chi connectivity index (χ4n) is 2.25. The van der Waals surface area contributed by atoms with E-state index in [1.807, 2.05) is 38.1 Å². The van der Waals surface area contributed by atoms with Gasteiger partial charge in [-0.2, -0.15) is 0 Å². The molecular weight excluding hydrogens is 240 g/mol. The maximum Gasteiger partial charge on any atom is 0.189 e. The van der Waals surface area contributed by atoms with Crippen LogP contribution < -0.4 is 4.74 Å². The van der Waals surface area contributed by atoms with Crippen LogP contribution in [-0.2, 0) is 4.74 Å². The SMILES string of the molecule is CC(C)=CCOCOc1cccc2c1C(=O)CC2C. The first-order valence-electron chi connectivity index (χ1n) is 6.59. The highest BCUT2D eigenvalue weighted by molar-refractivity contribution is 6.03. The van der Waals surface area contributed by atoms with Crippen molar-refractivity contribution in [3.05, 3.63) is 41.0 Å². The molecule has 0 N–H and O–H groups in total. The fourth-order valence-corrected chi connectivity index (χ4v) is 2.25. The lowest BCUT2D eigenvalue weighted by atomic mass is 10.0. The van der Waals surface area contributed by atoms with Crippen molar-refractivity contribution in [2.45, 2.75) is 33.1 Å². The van der Waals surface area contributed by atoms with Gasteiger partial charge in [-0.1, -0.05) is 30.7 Å². The number of carbonyl (C=O) groups is 1. The van der Waals surface area contributed by atoms with Gasteiger partial charge in [0.15, 0.2) is 12.6 Å². The van der Waals surface area contributed by atoms with Crippen molar-refractivity contribution in [1.82, 2.24) is 0 Å². The Morgan fingerprint density at radius 3 is 2.95 bits per heavy atom. The topological polar surface area (TPSA) is 35.5 Å². The predicted octanol–water partition coefficient (Wildman–Crippen LogP) is 3.70. The van der Waals surface area contributed by atoms with E-state index in [2.05, 4.69) is 6.92 Å². The van der Waals surface area contributed by atoms with Crippen LogP contribution in [0, 0.1) is 0 Å². The van der Waals surface area contributed by atoms with Crippen LogP contribution in [0.5, 0.6) is 5.75 Å². The average Bonchev–Trinajstić information content (AvgIpc) is 2.65. The van der Waals surface area contributed by atoms with E-state index >= 15 is 0 Å². The van der Waals surface area contributed by atoms with E-state index in [0.29, 0.717) is 18.8 Å². The molecule has 3 nitrogen and oxygen atoms in total. The van der Waals surface area contributed by atoms with Gasteiger partial charge in [0.1, 0.15) is 5.75 Å². The van der Waals surface area contributed by atoms with E-state index in [1.54, 1.807) is 0 Å². The normalized spacial score (nSPS) is 17.2. The molecule has 1 atom stereocenters. The van der Waals surface area contributed by atoms with Crippen LogP contribution in [0.25, 0.3) is 0 Å². The monoisotopic (exact) mass is 260 g/mol. The van der Waals surface area contributed by atoms with Gasteiger partial charge in [0.25, 0.3) is 0 Å². The minimum Gasteiger partial charge on any atom is -0.467 e. The summed E-state index contributed by atoms with van der Waals surface area (Å²) in [5, 5.41) is 0. The second-order valence-corrected chi connectivity index (χ2v) is 5.16. The number of ketones is 1. The third-order valence-electron chi connectivity index (χ3n) is 3.27. The summed E-state index contributed by atoms with van der Waals surface area (Å²) in [6, 6.07) is 5.76. The summed E-state index contributed by atoms with van der Waals surface area (Å²) in [4.78, 5) is 11.9. The van der Waals surface area contributed by atoms with Crippen molar-refractivity contribution >= 4 is 5.78 Å². The minimum absolute atomic E-state index is 0.169. The molecule has 102 valence electrons. The molecule has 19 heavy (non-hydrogen) atoms. The smallest absolute Gasteiger partial charge is 0.189 e. The van der Waals surface area contributed by atoms with E-state index in [0.717, 1.165) is 11.1 Å². The summed E-state index contributed by atoms with van der Waals surface area (Å²) in [6.07, 6.45) is 2.57. The van der Waals surface area contributed by atoms with Crippen molar-refractivity contribution in [3.63, 3.8) is 0 Å². The number of Topliss-reactive ketones (excluding diaryl/α,β-unsaturated/α-hetero) is 1. The second-order valence-electron chi connectivity index (χ2n) is 5.16. The second kappa shape index (κ2) is 6.02. The summed E-state index contributed by atoms with van der Waals surface area (Å²) in [5.74, 6) is 1.10. The lowest BCUT2D eigenvalue weighted by Crippen LogP contribution is -2.06.